The van der Waals surface area contributed by atoms with Gasteiger partial charge in [-0.3, -0.25) is 14.6 Å². The molecule has 2 amide bonds. The van der Waals surface area contributed by atoms with Crippen molar-refractivity contribution < 1.29 is 14.3 Å². The number of anilines is 1. The molecule has 114 valence electrons. The molecule has 0 aliphatic carbocycles. The van der Waals surface area contributed by atoms with E-state index < -0.39 is 6.04 Å². The van der Waals surface area contributed by atoms with Crippen LogP contribution in [0.1, 0.15) is 23.0 Å². The van der Waals surface area contributed by atoms with Gasteiger partial charge in [0, 0.05) is 13.1 Å². The van der Waals surface area contributed by atoms with E-state index in [1.54, 1.807) is 13.0 Å². The second-order valence-corrected chi connectivity index (χ2v) is 4.89. The van der Waals surface area contributed by atoms with Crippen LogP contribution in [0.2, 0.25) is 0 Å². The summed E-state index contributed by atoms with van der Waals surface area (Å²) in [6.45, 7) is 5.07. The first-order valence-electron chi connectivity index (χ1n) is 6.93. The summed E-state index contributed by atoms with van der Waals surface area (Å²) >= 11 is 0. The molecule has 0 bridgehead atoms. The lowest BCUT2D eigenvalue weighted by Crippen LogP contribution is -2.56. The number of nitrogens with zero attached hydrogens (tertiary/aromatic N) is 2. The van der Waals surface area contributed by atoms with E-state index in [1.807, 2.05) is 6.92 Å². The zero-order chi connectivity index (χ0) is 15.4. The number of morpholine rings is 1. The molecule has 7 nitrogen and oxygen atoms in total. The predicted octanol–water partition coefficient (Wildman–Crippen LogP) is -0.0507. The molecule has 2 rings (SSSR count). The molecular formula is C14H20N4O3. The van der Waals surface area contributed by atoms with Crippen LogP contribution in [0.4, 0.5) is 5.69 Å². The van der Waals surface area contributed by atoms with Gasteiger partial charge in [-0.25, -0.2) is 0 Å². The van der Waals surface area contributed by atoms with Crippen LogP contribution in [0.5, 0.6) is 0 Å². The summed E-state index contributed by atoms with van der Waals surface area (Å²) in [6, 6.07) is 0.974. The van der Waals surface area contributed by atoms with Gasteiger partial charge in [0.1, 0.15) is 6.04 Å². The van der Waals surface area contributed by atoms with Crippen LogP contribution in [0.25, 0.3) is 0 Å². The predicted molar refractivity (Wildman–Crippen MR) is 77.7 cm³/mol. The molecule has 1 aromatic rings. The van der Waals surface area contributed by atoms with E-state index in [0.717, 1.165) is 0 Å². The molecule has 2 heterocycles. The average molecular weight is 292 g/mol. The fourth-order valence-electron chi connectivity index (χ4n) is 2.28. The lowest BCUT2D eigenvalue weighted by atomic mass is 10.1. The van der Waals surface area contributed by atoms with Crippen molar-refractivity contribution in [3.63, 3.8) is 0 Å². The number of pyridine rings is 1. The van der Waals surface area contributed by atoms with Crippen molar-refractivity contribution in [2.24, 2.45) is 0 Å². The number of nitrogens with two attached hydrogens (primary N) is 1. The van der Waals surface area contributed by atoms with Crippen molar-refractivity contribution >= 4 is 17.5 Å². The first kappa shape index (κ1) is 15.2. The maximum absolute atomic E-state index is 12.7. The highest BCUT2D eigenvalue weighted by Gasteiger charge is 2.33. The number of aromatic nitrogens is 1. The minimum absolute atomic E-state index is 0.201. The number of nitrogens with one attached hydrogen (secondary N) is 1. The normalized spacial score (nSPS) is 18.4. The van der Waals surface area contributed by atoms with Crippen molar-refractivity contribution in [3.8, 4) is 0 Å². The van der Waals surface area contributed by atoms with Crippen molar-refractivity contribution in [2.75, 3.05) is 32.0 Å². The summed E-state index contributed by atoms with van der Waals surface area (Å²) in [5.41, 5.74) is 7.14. The van der Waals surface area contributed by atoms with Gasteiger partial charge in [-0.2, -0.15) is 0 Å². The fourth-order valence-corrected chi connectivity index (χ4v) is 2.28. The van der Waals surface area contributed by atoms with Crippen LogP contribution in [0, 0.1) is 6.92 Å². The standard InChI is InChI=1S/C14H20N4O3/c1-3-16-13(19)12-8-21-5-4-18(12)14(20)11-6-10(15)7-17-9(11)2/h6-7,12H,3-5,8,15H2,1-2H3,(H,16,19). The molecule has 1 aliphatic heterocycles. The lowest BCUT2D eigenvalue weighted by molar-refractivity contribution is -0.130. The number of likely N-dealkylation sites (N-methyl/N-ethyl adjacent to an activating group) is 1. The molecule has 0 saturated carbocycles. The summed E-state index contributed by atoms with van der Waals surface area (Å²) in [6.07, 6.45) is 1.51. The van der Waals surface area contributed by atoms with Crippen LogP contribution in [-0.4, -0.2) is 54.0 Å². The van der Waals surface area contributed by atoms with Crippen LogP contribution in [-0.2, 0) is 9.53 Å². The third-order valence-electron chi connectivity index (χ3n) is 3.38. The molecule has 7 heteroatoms. The molecular weight excluding hydrogens is 272 g/mol. The molecule has 3 N–H and O–H groups in total. The Balaban J connectivity index is 2.26. The van der Waals surface area contributed by atoms with Crippen LogP contribution < -0.4 is 11.1 Å². The van der Waals surface area contributed by atoms with Gasteiger partial charge < -0.3 is 20.7 Å². The number of amides is 2. The van der Waals surface area contributed by atoms with Gasteiger partial charge in [-0.1, -0.05) is 0 Å². The van der Waals surface area contributed by atoms with Gasteiger partial charge in [0.05, 0.1) is 36.4 Å². The second kappa shape index (κ2) is 6.53. The number of hydrogen-bond acceptors (Lipinski definition) is 5. The van der Waals surface area contributed by atoms with Crippen molar-refractivity contribution in [1.29, 1.82) is 0 Å². The molecule has 0 spiro atoms. The number of carbonyl (C=O) groups is 2. The Labute approximate surface area is 123 Å². The van der Waals surface area contributed by atoms with E-state index in [-0.39, 0.29) is 18.4 Å². The Morgan fingerprint density at radius 2 is 2.33 bits per heavy atom. The topological polar surface area (TPSA) is 97.5 Å². The molecule has 1 aromatic heterocycles. The molecule has 0 radical (unpaired) electrons. The highest BCUT2D eigenvalue weighted by molar-refractivity contribution is 5.99. The van der Waals surface area contributed by atoms with Gasteiger partial charge in [-0.15, -0.1) is 0 Å². The molecule has 0 aromatic carbocycles. The lowest BCUT2D eigenvalue weighted by Gasteiger charge is -2.34. The Morgan fingerprint density at radius 3 is 3.05 bits per heavy atom. The van der Waals surface area contributed by atoms with E-state index in [2.05, 4.69) is 10.3 Å². The van der Waals surface area contributed by atoms with Crippen molar-refractivity contribution in [3.05, 3.63) is 23.5 Å². The number of nitrogen functional groups attached to an aromatic ring is 1. The minimum atomic E-state index is -0.618. The van der Waals surface area contributed by atoms with Crippen molar-refractivity contribution in [2.45, 2.75) is 19.9 Å². The van der Waals surface area contributed by atoms with E-state index in [0.29, 0.717) is 36.6 Å². The smallest absolute Gasteiger partial charge is 0.256 e. The van der Waals surface area contributed by atoms with E-state index in [9.17, 15) is 9.59 Å². The molecule has 1 saturated heterocycles. The number of carbonyl (C=O) groups excluding carboxylic acids is 2. The summed E-state index contributed by atoms with van der Waals surface area (Å²) in [5, 5.41) is 2.72. The first-order valence-corrected chi connectivity index (χ1v) is 6.93. The van der Waals surface area contributed by atoms with Gasteiger partial charge in [0.2, 0.25) is 5.91 Å². The molecule has 1 aliphatic rings. The summed E-state index contributed by atoms with van der Waals surface area (Å²) in [4.78, 5) is 30.4. The van der Waals surface area contributed by atoms with E-state index in [1.165, 1.54) is 11.1 Å². The fraction of sp³-hybridized carbons (Fsp3) is 0.500. The summed E-state index contributed by atoms with van der Waals surface area (Å²) in [5.74, 6) is -0.452. The SMILES string of the molecule is CCNC(=O)C1COCCN1C(=O)c1cc(N)cnc1C. The van der Waals surface area contributed by atoms with E-state index in [4.69, 9.17) is 10.5 Å². The zero-order valence-electron chi connectivity index (χ0n) is 12.3. The number of hydrogen-bond donors (Lipinski definition) is 2. The second-order valence-electron chi connectivity index (χ2n) is 4.89. The molecule has 1 fully saturated rings. The number of rotatable bonds is 3. The Kier molecular flexibility index (Phi) is 4.74. The molecule has 21 heavy (non-hydrogen) atoms. The highest BCUT2D eigenvalue weighted by atomic mass is 16.5. The minimum Gasteiger partial charge on any atom is -0.397 e. The maximum Gasteiger partial charge on any atom is 0.256 e. The quantitative estimate of drug-likeness (QED) is 0.814. The van der Waals surface area contributed by atoms with Crippen LogP contribution >= 0.6 is 0 Å². The third-order valence-corrected chi connectivity index (χ3v) is 3.38. The number of aryl methyl sites for hydroxylation is 1. The first-order chi connectivity index (χ1) is 10.0. The van der Waals surface area contributed by atoms with Gasteiger partial charge in [-0.05, 0) is 19.9 Å². The summed E-state index contributed by atoms with van der Waals surface area (Å²) < 4.78 is 5.32. The Morgan fingerprint density at radius 1 is 1.57 bits per heavy atom. The van der Waals surface area contributed by atoms with Gasteiger partial charge in [0.15, 0.2) is 0 Å². The Bertz CT molecular complexity index is 547. The van der Waals surface area contributed by atoms with Crippen LogP contribution in [0.3, 0.4) is 0 Å². The Hall–Kier alpha value is -2.15. The number of ether oxygens (including phenoxy) is 1. The monoisotopic (exact) mass is 292 g/mol. The van der Waals surface area contributed by atoms with Gasteiger partial charge >= 0.3 is 0 Å². The molecule has 1 atom stereocenters. The third kappa shape index (κ3) is 3.30. The largest absolute Gasteiger partial charge is 0.397 e. The summed E-state index contributed by atoms with van der Waals surface area (Å²) in [7, 11) is 0. The van der Waals surface area contributed by atoms with Gasteiger partial charge in [0.25, 0.3) is 5.91 Å². The van der Waals surface area contributed by atoms with E-state index >= 15 is 0 Å². The maximum atomic E-state index is 12.7. The average Bonchev–Trinajstić information content (AvgIpc) is 2.49. The van der Waals surface area contributed by atoms with Crippen molar-refractivity contribution in [1.82, 2.24) is 15.2 Å². The molecule has 1 unspecified atom stereocenters. The van der Waals surface area contributed by atoms with Crippen LogP contribution in [0.15, 0.2) is 12.3 Å². The zero-order valence-corrected chi connectivity index (χ0v) is 12.3. The highest BCUT2D eigenvalue weighted by Crippen LogP contribution is 2.16.